The van der Waals surface area contributed by atoms with Gasteiger partial charge in [0.05, 0.1) is 7.11 Å². The first kappa shape index (κ1) is 19.4. The van der Waals surface area contributed by atoms with E-state index in [1.807, 2.05) is 75.4 Å². The summed E-state index contributed by atoms with van der Waals surface area (Å²) < 4.78 is 5.27. The molecule has 1 heterocycles. The molecule has 0 bridgehead atoms. The Morgan fingerprint density at radius 1 is 0.964 bits per heavy atom. The monoisotopic (exact) mass is 376 g/mol. The molecule has 6 heteroatoms. The average Bonchev–Trinajstić information content (AvgIpc) is 2.67. The van der Waals surface area contributed by atoms with Crippen LogP contribution in [0.15, 0.2) is 60.7 Å². The van der Waals surface area contributed by atoms with Crippen LogP contribution < -0.4 is 15.4 Å². The van der Waals surface area contributed by atoms with Gasteiger partial charge in [0, 0.05) is 28.9 Å². The van der Waals surface area contributed by atoms with Crippen molar-refractivity contribution >= 4 is 17.4 Å². The van der Waals surface area contributed by atoms with Crippen molar-refractivity contribution in [1.82, 2.24) is 15.3 Å². The molecule has 28 heavy (non-hydrogen) atoms. The lowest BCUT2D eigenvalue weighted by Crippen LogP contribution is -2.41. The van der Waals surface area contributed by atoms with Gasteiger partial charge in [-0.2, -0.15) is 0 Å². The van der Waals surface area contributed by atoms with Crippen molar-refractivity contribution in [3.63, 3.8) is 0 Å². The van der Waals surface area contributed by atoms with Crippen molar-refractivity contribution in [2.24, 2.45) is 0 Å². The molecular formula is C22H24N4O2. The van der Waals surface area contributed by atoms with Crippen molar-refractivity contribution in [2.45, 2.75) is 26.3 Å². The first-order valence-corrected chi connectivity index (χ1v) is 9.02. The number of nitrogens with one attached hydrogen (secondary N) is 2. The summed E-state index contributed by atoms with van der Waals surface area (Å²) in [5, 5.41) is 6.18. The quantitative estimate of drug-likeness (QED) is 0.689. The van der Waals surface area contributed by atoms with Gasteiger partial charge in [-0.1, -0.05) is 36.4 Å². The second-order valence-electron chi connectivity index (χ2n) is 7.39. The van der Waals surface area contributed by atoms with Crippen molar-refractivity contribution in [3.05, 3.63) is 66.4 Å². The number of rotatable bonds is 5. The summed E-state index contributed by atoms with van der Waals surface area (Å²) in [5.74, 6) is 1.49. The highest BCUT2D eigenvalue weighted by Crippen LogP contribution is 2.23. The molecule has 0 spiro atoms. The van der Waals surface area contributed by atoms with Crippen LogP contribution in [0.5, 0.6) is 5.75 Å². The molecule has 0 saturated heterocycles. The standard InChI is InChI=1S/C22H24N4O2/c1-22(2,3)26-21(27)18-14-19(23-16-11-8-12-17(13-16)28-4)25-20(24-18)15-9-6-5-7-10-15/h5-14H,1-4H3,(H,26,27)(H,23,24,25). The third-order valence-electron chi connectivity index (χ3n) is 3.82. The van der Waals surface area contributed by atoms with E-state index in [4.69, 9.17) is 4.74 Å². The highest BCUT2D eigenvalue weighted by Gasteiger charge is 2.18. The predicted molar refractivity (Wildman–Crippen MR) is 111 cm³/mol. The van der Waals surface area contributed by atoms with E-state index in [0.29, 0.717) is 17.3 Å². The smallest absolute Gasteiger partial charge is 0.270 e. The molecule has 0 aliphatic heterocycles. The van der Waals surface area contributed by atoms with Crippen LogP contribution in [-0.2, 0) is 0 Å². The number of amides is 1. The number of hydrogen-bond donors (Lipinski definition) is 2. The van der Waals surface area contributed by atoms with Gasteiger partial charge in [0.1, 0.15) is 17.3 Å². The van der Waals surface area contributed by atoms with Crippen LogP contribution in [0.2, 0.25) is 0 Å². The number of anilines is 2. The summed E-state index contributed by atoms with van der Waals surface area (Å²) in [4.78, 5) is 21.8. The molecule has 0 saturated carbocycles. The van der Waals surface area contributed by atoms with Gasteiger partial charge in [-0.05, 0) is 32.9 Å². The van der Waals surface area contributed by atoms with Crippen molar-refractivity contribution in [3.8, 4) is 17.1 Å². The van der Waals surface area contributed by atoms with Crippen LogP contribution in [0.25, 0.3) is 11.4 Å². The number of hydrogen-bond acceptors (Lipinski definition) is 5. The zero-order valence-corrected chi connectivity index (χ0v) is 16.5. The Labute approximate surface area is 165 Å². The van der Waals surface area contributed by atoms with E-state index in [1.54, 1.807) is 13.2 Å². The van der Waals surface area contributed by atoms with Gasteiger partial charge in [0.15, 0.2) is 5.82 Å². The Morgan fingerprint density at radius 3 is 2.39 bits per heavy atom. The van der Waals surface area contributed by atoms with Crippen LogP contribution in [0.1, 0.15) is 31.3 Å². The van der Waals surface area contributed by atoms with E-state index in [9.17, 15) is 4.79 Å². The summed E-state index contributed by atoms with van der Waals surface area (Å²) in [6.45, 7) is 5.79. The minimum absolute atomic E-state index is 0.249. The van der Waals surface area contributed by atoms with E-state index in [1.165, 1.54) is 0 Å². The molecule has 0 atom stereocenters. The number of methoxy groups -OCH3 is 1. The fourth-order valence-corrected chi connectivity index (χ4v) is 2.60. The van der Waals surface area contributed by atoms with Gasteiger partial charge >= 0.3 is 0 Å². The van der Waals surface area contributed by atoms with Gasteiger partial charge in [-0.25, -0.2) is 9.97 Å². The van der Waals surface area contributed by atoms with Gasteiger partial charge in [0.25, 0.3) is 5.91 Å². The molecular weight excluding hydrogens is 352 g/mol. The fourth-order valence-electron chi connectivity index (χ4n) is 2.60. The van der Waals surface area contributed by atoms with E-state index in [2.05, 4.69) is 20.6 Å². The van der Waals surface area contributed by atoms with Crippen LogP contribution in [-0.4, -0.2) is 28.5 Å². The van der Waals surface area contributed by atoms with Crippen LogP contribution in [0, 0.1) is 0 Å². The van der Waals surface area contributed by atoms with Crippen molar-refractivity contribution in [1.29, 1.82) is 0 Å². The summed E-state index contributed by atoms with van der Waals surface area (Å²) in [6.07, 6.45) is 0. The topological polar surface area (TPSA) is 76.1 Å². The fraction of sp³-hybridized carbons (Fsp3) is 0.227. The highest BCUT2D eigenvalue weighted by molar-refractivity contribution is 5.94. The molecule has 3 aromatic rings. The van der Waals surface area contributed by atoms with Gasteiger partial charge < -0.3 is 15.4 Å². The number of ether oxygens (including phenoxy) is 1. The maximum absolute atomic E-state index is 12.7. The lowest BCUT2D eigenvalue weighted by atomic mass is 10.1. The minimum Gasteiger partial charge on any atom is -0.497 e. The molecule has 1 aromatic heterocycles. The second-order valence-corrected chi connectivity index (χ2v) is 7.39. The first-order chi connectivity index (χ1) is 13.3. The molecule has 1 amide bonds. The lowest BCUT2D eigenvalue weighted by molar-refractivity contribution is 0.0914. The van der Waals surface area contributed by atoms with Crippen LogP contribution >= 0.6 is 0 Å². The maximum Gasteiger partial charge on any atom is 0.270 e. The van der Waals surface area contributed by atoms with E-state index >= 15 is 0 Å². The van der Waals surface area contributed by atoms with Crippen molar-refractivity contribution < 1.29 is 9.53 Å². The highest BCUT2D eigenvalue weighted by atomic mass is 16.5. The molecule has 0 fully saturated rings. The minimum atomic E-state index is -0.366. The number of benzene rings is 2. The molecule has 0 aliphatic carbocycles. The van der Waals surface area contributed by atoms with Gasteiger partial charge in [-0.15, -0.1) is 0 Å². The Morgan fingerprint density at radius 2 is 1.71 bits per heavy atom. The molecule has 0 radical (unpaired) electrons. The molecule has 2 N–H and O–H groups in total. The molecule has 144 valence electrons. The first-order valence-electron chi connectivity index (χ1n) is 9.02. The molecule has 0 aliphatic rings. The molecule has 6 nitrogen and oxygen atoms in total. The summed E-state index contributed by atoms with van der Waals surface area (Å²) in [5.41, 5.74) is 1.57. The predicted octanol–water partition coefficient (Wildman–Crippen LogP) is 4.42. The van der Waals surface area contributed by atoms with E-state index in [0.717, 1.165) is 17.0 Å². The Balaban J connectivity index is 2.00. The van der Waals surface area contributed by atoms with Gasteiger partial charge in [-0.3, -0.25) is 4.79 Å². The summed E-state index contributed by atoms with van der Waals surface area (Å²) >= 11 is 0. The molecule has 2 aromatic carbocycles. The molecule has 0 unspecified atom stereocenters. The molecule has 3 rings (SSSR count). The Kier molecular flexibility index (Phi) is 5.59. The van der Waals surface area contributed by atoms with E-state index in [-0.39, 0.29) is 11.4 Å². The third kappa shape index (κ3) is 5.07. The zero-order chi connectivity index (χ0) is 20.1. The largest absolute Gasteiger partial charge is 0.497 e. The maximum atomic E-state index is 12.7. The van der Waals surface area contributed by atoms with Gasteiger partial charge in [0.2, 0.25) is 0 Å². The number of nitrogens with zero attached hydrogens (tertiary/aromatic N) is 2. The Hall–Kier alpha value is -3.41. The normalized spacial score (nSPS) is 11.0. The number of aromatic nitrogens is 2. The SMILES string of the molecule is COc1cccc(Nc2cc(C(=O)NC(C)(C)C)nc(-c3ccccc3)n2)c1. The number of carbonyl (C=O) groups excluding carboxylic acids is 1. The number of carbonyl (C=O) groups is 1. The summed E-state index contributed by atoms with van der Waals surface area (Å²) in [6, 6.07) is 18.7. The lowest BCUT2D eigenvalue weighted by Gasteiger charge is -2.20. The van der Waals surface area contributed by atoms with Crippen LogP contribution in [0.4, 0.5) is 11.5 Å². The third-order valence-corrected chi connectivity index (χ3v) is 3.82. The zero-order valence-electron chi connectivity index (χ0n) is 16.5. The average molecular weight is 376 g/mol. The second kappa shape index (κ2) is 8.08. The van der Waals surface area contributed by atoms with Crippen molar-refractivity contribution in [2.75, 3.05) is 12.4 Å². The summed E-state index contributed by atoms with van der Waals surface area (Å²) in [7, 11) is 1.62. The van der Waals surface area contributed by atoms with Crippen LogP contribution in [0.3, 0.4) is 0 Å². The van der Waals surface area contributed by atoms with E-state index < -0.39 is 0 Å². The Bertz CT molecular complexity index is 966.